The molecule has 2 N–H and O–H groups in total. The predicted octanol–water partition coefficient (Wildman–Crippen LogP) is 2.95. The molecule has 1 aliphatic rings. The summed E-state index contributed by atoms with van der Waals surface area (Å²) in [5.74, 6) is 0. The summed E-state index contributed by atoms with van der Waals surface area (Å²) < 4.78 is 6.89. The summed E-state index contributed by atoms with van der Waals surface area (Å²) in [6.45, 7) is 2.99. The minimum Gasteiger partial charge on any atom is -0.374 e. The van der Waals surface area contributed by atoms with Crippen molar-refractivity contribution in [1.82, 2.24) is 0 Å². The molecule has 2 heterocycles. The van der Waals surface area contributed by atoms with E-state index < -0.39 is 0 Å². The van der Waals surface area contributed by atoms with Gasteiger partial charge in [0, 0.05) is 27.4 Å². The second-order valence-electron chi connectivity index (χ2n) is 4.31. The third-order valence-corrected chi connectivity index (χ3v) is 4.80. The summed E-state index contributed by atoms with van der Waals surface area (Å²) in [5.41, 5.74) is 6.11. The van der Waals surface area contributed by atoms with Crippen molar-refractivity contribution >= 4 is 27.3 Å². The number of thiophene rings is 1. The lowest BCUT2D eigenvalue weighted by Crippen LogP contribution is -2.46. The van der Waals surface area contributed by atoms with Crippen LogP contribution in [0, 0.1) is 0 Å². The van der Waals surface area contributed by atoms with Crippen molar-refractivity contribution in [2.24, 2.45) is 5.73 Å². The maximum absolute atomic E-state index is 6.22. The van der Waals surface area contributed by atoms with Gasteiger partial charge in [0.05, 0.1) is 5.60 Å². The molecule has 2 nitrogen and oxygen atoms in total. The number of rotatable bonds is 3. The number of hydrogen-bond acceptors (Lipinski definition) is 3. The molecule has 0 radical (unpaired) electrons. The fourth-order valence-electron chi connectivity index (χ4n) is 1.99. The predicted molar refractivity (Wildman–Crippen MR) is 67.3 cm³/mol. The Balaban J connectivity index is 1.99. The van der Waals surface area contributed by atoms with Gasteiger partial charge in [0.2, 0.25) is 0 Å². The maximum Gasteiger partial charge on any atom is 0.0809 e. The molecule has 1 aliphatic heterocycles. The first kappa shape index (κ1) is 11.6. The van der Waals surface area contributed by atoms with Gasteiger partial charge < -0.3 is 10.5 Å². The van der Waals surface area contributed by atoms with E-state index >= 15 is 0 Å². The molecule has 1 aromatic heterocycles. The zero-order valence-electron chi connectivity index (χ0n) is 8.83. The fourth-order valence-corrected chi connectivity index (χ4v) is 3.50. The molecule has 0 spiro atoms. The Morgan fingerprint density at radius 3 is 3.07 bits per heavy atom. The van der Waals surface area contributed by atoms with Gasteiger partial charge in [-0.1, -0.05) is 0 Å². The Labute approximate surface area is 103 Å². The highest BCUT2D eigenvalue weighted by atomic mass is 79.9. The normalized spacial score (nSPS) is 28.2. The Hall–Kier alpha value is 0.1000. The average molecular weight is 290 g/mol. The van der Waals surface area contributed by atoms with Crippen LogP contribution in [0.4, 0.5) is 0 Å². The smallest absolute Gasteiger partial charge is 0.0809 e. The number of halogens is 1. The molecule has 1 aromatic rings. The Kier molecular flexibility index (Phi) is 3.50. The van der Waals surface area contributed by atoms with Gasteiger partial charge in [-0.05, 0) is 48.2 Å². The Morgan fingerprint density at radius 2 is 2.53 bits per heavy atom. The van der Waals surface area contributed by atoms with Crippen molar-refractivity contribution in [3.63, 3.8) is 0 Å². The third-order valence-electron chi connectivity index (χ3n) is 3.08. The van der Waals surface area contributed by atoms with Crippen LogP contribution in [-0.4, -0.2) is 18.2 Å². The largest absolute Gasteiger partial charge is 0.374 e. The highest BCUT2D eigenvalue weighted by Gasteiger charge is 2.36. The van der Waals surface area contributed by atoms with E-state index in [1.807, 2.05) is 0 Å². The van der Waals surface area contributed by atoms with E-state index in [0.29, 0.717) is 0 Å². The van der Waals surface area contributed by atoms with E-state index in [-0.39, 0.29) is 11.6 Å². The lowest BCUT2D eigenvalue weighted by atomic mass is 9.91. The highest BCUT2D eigenvalue weighted by Crippen LogP contribution is 2.30. The highest BCUT2D eigenvalue weighted by molar-refractivity contribution is 9.10. The van der Waals surface area contributed by atoms with Crippen LogP contribution in [0.15, 0.2) is 15.9 Å². The summed E-state index contributed by atoms with van der Waals surface area (Å²) in [7, 11) is 0. The SMILES string of the molecule is CC1(C(N)Cc2cc(Br)cs2)CCCO1. The van der Waals surface area contributed by atoms with E-state index in [9.17, 15) is 0 Å². The van der Waals surface area contributed by atoms with E-state index in [1.54, 1.807) is 11.3 Å². The van der Waals surface area contributed by atoms with Crippen molar-refractivity contribution in [1.29, 1.82) is 0 Å². The number of hydrogen-bond donors (Lipinski definition) is 1. The third kappa shape index (κ3) is 2.61. The molecule has 84 valence electrons. The van der Waals surface area contributed by atoms with E-state index in [0.717, 1.165) is 30.3 Å². The number of nitrogens with two attached hydrogens (primary N) is 1. The zero-order valence-corrected chi connectivity index (χ0v) is 11.2. The van der Waals surface area contributed by atoms with Gasteiger partial charge >= 0.3 is 0 Å². The molecule has 1 fully saturated rings. The second kappa shape index (κ2) is 4.53. The Bertz CT molecular complexity index is 333. The first-order valence-electron chi connectivity index (χ1n) is 5.22. The summed E-state index contributed by atoms with van der Waals surface area (Å²) in [6.07, 6.45) is 3.13. The van der Waals surface area contributed by atoms with Gasteiger partial charge in [0.1, 0.15) is 0 Å². The van der Waals surface area contributed by atoms with E-state index in [1.165, 1.54) is 4.88 Å². The lowest BCUT2D eigenvalue weighted by Gasteiger charge is -2.30. The first-order chi connectivity index (χ1) is 7.10. The molecule has 0 aromatic carbocycles. The molecule has 0 saturated carbocycles. The zero-order chi connectivity index (χ0) is 10.9. The minimum atomic E-state index is -0.115. The van der Waals surface area contributed by atoms with E-state index in [2.05, 4.69) is 34.3 Å². The lowest BCUT2D eigenvalue weighted by molar-refractivity contribution is -0.000720. The van der Waals surface area contributed by atoms with Crippen LogP contribution in [0.2, 0.25) is 0 Å². The van der Waals surface area contributed by atoms with Gasteiger partial charge in [-0.2, -0.15) is 0 Å². The molecule has 0 bridgehead atoms. The standard InChI is InChI=1S/C11H16BrNOS/c1-11(3-2-4-14-11)10(13)6-9-5-8(12)7-15-9/h5,7,10H,2-4,6,13H2,1H3. The van der Waals surface area contributed by atoms with Gasteiger partial charge in [-0.15, -0.1) is 11.3 Å². The van der Waals surface area contributed by atoms with Crippen molar-refractivity contribution < 1.29 is 4.74 Å². The van der Waals surface area contributed by atoms with Crippen LogP contribution in [0.5, 0.6) is 0 Å². The topological polar surface area (TPSA) is 35.2 Å². The van der Waals surface area contributed by atoms with Crippen LogP contribution < -0.4 is 5.73 Å². The van der Waals surface area contributed by atoms with Crippen LogP contribution in [-0.2, 0) is 11.2 Å². The van der Waals surface area contributed by atoms with Crippen LogP contribution >= 0.6 is 27.3 Å². The molecule has 0 aliphatic carbocycles. The number of ether oxygens (including phenoxy) is 1. The van der Waals surface area contributed by atoms with Gasteiger partial charge in [0.25, 0.3) is 0 Å². The molecule has 4 heteroatoms. The van der Waals surface area contributed by atoms with Gasteiger partial charge in [-0.25, -0.2) is 0 Å². The van der Waals surface area contributed by atoms with E-state index in [4.69, 9.17) is 10.5 Å². The summed E-state index contributed by atoms with van der Waals surface area (Å²) in [6, 6.07) is 2.24. The summed E-state index contributed by atoms with van der Waals surface area (Å²) in [4.78, 5) is 1.33. The molecular weight excluding hydrogens is 274 g/mol. The molecule has 2 rings (SSSR count). The van der Waals surface area contributed by atoms with Gasteiger partial charge in [0.15, 0.2) is 0 Å². The minimum absolute atomic E-state index is 0.102. The molecule has 2 unspecified atom stereocenters. The Morgan fingerprint density at radius 1 is 1.73 bits per heavy atom. The van der Waals surface area contributed by atoms with Crippen molar-refractivity contribution in [3.05, 3.63) is 20.8 Å². The molecule has 1 saturated heterocycles. The van der Waals surface area contributed by atoms with Crippen LogP contribution in [0.3, 0.4) is 0 Å². The second-order valence-corrected chi connectivity index (χ2v) is 6.22. The van der Waals surface area contributed by atoms with Gasteiger partial charge in [-0.3, -0.25) is 0 Å². The molecular formula is C11H16BrNOS. The first-order valence-corrected chi connectivity index (χ1v) is 6.90. The monoisotopic (exact) mass is 289 g/mol. The molecule has 0 amide bonds. The maximum atomic E-state index is 6.22. The molecule has 15 heavy (non-hydrogen) atoms. The van der Waals surface area contributed by atoms with Crippen LogP contribution in [0.25, 0.3) is 0 Å². The quantitative estimate of drug-likeness (QED) is 0.929. The summed E-state index contributed by atoms with van der Waals surface area (Å²) in [5, 5.41) is 2.10. The average Bonchev–Trinajstić information content (AvgIpc) is 2.76. The van der Waals surface area contributed by atoms with Crippen molar-refractivity contribution in [3.8, 4) is 0 Å². The van der Waals surface area contributed by atoms with Crippen molar-refractivity contribution in [2.75, 3.05) is 6.61 Å². The van der Waals surface area contributed by atoms with Crippen molar-refractivity contribution in [2.45, 2.75) is 37.8 Å². The summed E-state index contributed by atoms with van der Waals surface area (Å²) >= 11 is 5.21. The molecule has 2 atom stereocenters. The van der Waals surface area contributed by atoms with Crippen LogP contribution in [0.1, 0.15) is 24.6 Å². The fraction of sp³-hybridized carbons (Fsp3) is 0.636.